The first-order chi connectivity index (χ1) is 8.43. The van der Waals surface area contributed by atoms with E-state index in [2.05, 4.69) is 0 Å². The molecule has 1 N–H and O–H groups in total. The van der Waals surface area contributed by atoms with Crippen molar-refractivity contribution in [3.63, 3.8) is 0 Å². The van der Waals surface area contributed by atoms with E-state index in [1.54, 1.807) is 20.0 Å². The van der Waals surface area contributed by atoms with E-state index in [1.165, 1.54) is 24.1 Å². The minimum absolute atomic E-state index is 0.141. The summed E-state index contributed by atoms with van der Waals surface area (Å²) in [5.74, 6) is -0.767. The molecular weight excluding hydrogens is 237 g/mol. The second kappa shape index (κ2) is 6.47. The van der Waals surface area contributed by atoms with Gasteiger partial charge in [-0.3, -0.25) is 4.79 Å². The van der Waals surface area contributed by atoms with E-state index in [9.17, 15) is 14.3 Å². The molecule has 1 atom stereocenters. The Labute approximate surface area is 106 Å². The van der Waals surface area contributed by atoms with Crippen molar-refractivity contribution >= 4 is 5.91 Å². The molecule has 0 spiro atoms. The Kier molecular flexibility index (Phi) is 5.25. The van der Waals surface area contributed by atoms with Crippen molar-refractivity contribution in [1.29, 1.82) is 0 Å². The molecule has 0 aromatic heterocycles. The lowest BCUT2D eigenvalue weighted by Crippen LogP contribution is -2.36. The SMILES string of the molecule is COCC(O)CN(C)C(=O)c1cc(C)cc(F)c1. The van der Waals surface area contributed by atoms with Gasteiger partial charge < -0.3 is 14.7 Å². The van der Waals surface area contributed by atoms with Gasteiger partial charge in [0.1, 0.15) is 5.82 Å². The number of ether oxygens (including phenoxy) is 1. The van der Waals surface area contributed by atoms with Crippen LogP contribution in [0.3, 0.4) is 0 Å². The third-order valence-electron chi connectivity index (χ3n) is 2.48. The standard InChI is InChI=1S/C13H18FNO3/c1-9-4-10(6-11(14)5-9)13(17)15(2)7-12(16)8-18-3/h4-6,12,16H,7-8H2,1-3H3. The van der Waals surface area contributed by atoms with Crippen molar-refractivity contribution in [3.8, 4) is 0 Å². The summed E-state index contributed by atoms with van der Waals surface area (Å²) in [5, 5.41) is 9.53. The third kappa shape index (κ3) is 4.09. The maximum Gasteiger partial charge on any atom is 0.253 e. The highest BCUT2D eigenvalue weighted by atomic mass is 19.1. The van der Waals surface area contributed by atoms with Gasteiger partial charge in [0, 0.05) is 26.3 Å². The lowest BCUT2D eigenvalue weighted by atomic mass is 10.1. The molecule has 0 saturated heterocycles. The number of hydrogen-bond donors (Lipinski definition) is 1. The van der Waals surface area contributed by atoms with E-state index in [1.807, 2.05) is 0 Å². The van der Waals surface area contributed by atoms with Gasteiger partial charge >= 0.3 is 0 Å². The van der Waals surface area contributed by atoms with Gasteiger partial charge in [0.15, 0.2) is 0 Å². The maximum absolute atomic E-state index is 13.2. The van der Waals surface area contributed by atoms with Crippen LogP contribution in [0.15, 0.2) is 18.2 Å². The number of aliphatic hydroxyl groups excluding tert-OH is 1. The topological polar surface area (TPSA) is 49.8 Å². The fraction of sp³-hybridized carbons (Fsp3) is 0.462. The van der Waals surface area contributed by atoms with Crippen LogP contribution in [0.2, 0.25) is 0 Å². The van der Waals surface area contributed by atoms with Gasteiger partial charge in [-0.25, -0.2) is 4.39 Å². The van der Waals surface area contributed by atoms with Crippen LogP contribution in [0, 0.1) is 12.7 Å². The monoisotopic (exact) mass is 255 g/mol. The average Bonchev–Trinajstić information content (AvgIpc) is 2.26. The number of hydrogen-bond acceptors (Lipinski definition) is 3. The zero-order chi connectivity index (χ0) is 13.7. The van der Waals surface area contributed by atoms with Crippen LogP contribution in [-0.4, -0.2) is 49.3 Å². The Morgan fingerprint density at radius 2 is 2.17 bits per heavy atom. The number of nitrogens with zero attached hydrogens (tertiary/aromatic N) is 1. The second-order valence-electron chi connectivity index (χ2n) is 4.31. The largest absolute Gasteiger partial charge is 0.389 e. The number of rotatable bonds is 5. The molecule has 1 rings (SSSR count). The molecule has 0 saturated carbocycles. The van der Waals surface area contributed by atoms with Crippen LogP contribution in [0.5, 0.6) is 0 Å². The third-order valence-corrected chi connectivity index (χ3v) is 2.48. The molecule has 0 aliphatic rings. The van der Waals surface area contributed by atoms with E-state index in [-0.39, 0.29) is 24.6 Å². The Balaban J connectivity index is 2.74. The Morgan fingerprint density at radius 1 is 1.50 bits per heavy atom. The predicted octanol–water partition coefficient (Wildman–Crippen LogP) is 1.21. The van der Waals surface area contributed by atoms with Gasteiger partial charge in [0.2, 0.25) is 0 Å². The van der Waals surface area contributed by atoms with Crippen LogP contribution in [-0.2, 0) is 4.74 Å². The van der Waals surface area contributed by atoms with E-state index < -0.39 is 11.9 Å². The predicted molar refractivity (Wildman–Crippen MR) is 66.0 cm³/mol. The van der Waals surface area contributed by atoms with Gasteiger partial charge in [0.05, 0.1) is 12.7 Å². The van der Waals surface area contributed by atoms with Gasteiger partial charge in [-0.05, 0) is 30.7 Å². The van der Waals surface area contributed by atoms with Crippen LogP contribution in [0.1, 0.15) is 15.9 Å². The molecule has 18 heavy (non-hydrogen) atoms. The first-order valence-corrected chi connectivity index (χ1v) is 5.63. The van der Waals surface area contributed by atoms with E-state index >= 15 is 0 Å². The number of methoxy groups -OCH3 is 1. The van der Waals surface area contributed by atoms with E-state index in [4.69, 9.17) is 4.74 Å². The van der Waals surface area contributed by atoms with Crippen LogP contribution < -0.4 is 0 Å². The van der Waals surface area contributed by atoms with Crippen molar-refractivity contribution in [2.24, 2.45) is 0 Å². The van der Waals surface area contributed by atoms with Crippen molar-refractivity contribution < 1.29 is 19.0 Å². The molecule has 0 aliphatic heterocycles. The lowest BCUT2D eigenvalue weighted by molar-refractivity contribution is 0.0380. The fourth-order valence-electron chi connectivity index (χ4n) is 1.72. The molecule has 1 unspecified atom stereocenters. The number of benzene rings is 1. The number of amides is 1. The molecule has 0 bridgehead atoms. The van der Waals surface area contributed by atoms with Gasteiger partial charge in [-0.2, -0.15) is 0 Å². The average molecular weight is 255 g/mol. The summed E-state index contributed by atoms with van der Waals surface area (Å²) >= 11 is 0. The normalized spacial score (nSPS) is 12.3. The van der Waals surface area contributed by atoms with Gasteiger partial charge in [-0.1, -0.05) is 0 Å². The zero-order valence-electron chi connectivity index (χ0n) is 10.8. The van der Waals surface area contributed by atoms with Crippen molar-refractivity contribution in [1.82, 2.24) is 4.90 Å². The molecule has 1 aromatic carbocycles. The molecule has 0 fully saturated rings. The van der Waals surface area contributed by atoms with Crippen LogP contribution >= 0.6 is 0 Å². The molecule has 5 heteroatoms. The van der Waals surface area contributed by atoms with Crippen molar-refractivity contribution in [2.75, 3.05) is 27.3 Å². The molecule has 4 nitrogen and oxygen atoms in total. The Bertz CT molecular complexity index is 402. The first kappa shape index (κ1) is 14.6. The molecular formula is C13H18FNO3. The number of carbonyl (C=O) groups is 1. The van der Waals surface area contributed by atoms with Crippen LogP contribution in [0.25, 0.3) is 0 Å². The van der Waals surface area contributed by atoms with Gasteiger partial charge in [-0.15, -0.1) is 0 Å². The molecule has 0 radical (unpaired) electrons. The summed E-state index contributed by atoms with van der Waals surface area (Å²) in [7, 11) is 3.03. The highest BCUT2D eigenvalue weighted by molar-refractivity contribution is 5.94. The summed E-state index contributed by atoms with van der Waals surface area (Å²) in [5.41, 5.74) is 0.962. The first-order valence-electron chi connectivity index (χ1n) is 5.63. The summed E-state index contributed by atoms with van der Waals surface area (Å²) in [4.78, 5) is 13.3. The maximum atomic E-state index is 13.2. The number of halogens is 1. The van der Waals surface area contributed by atoms with Crippen LogP contribution in [0.4, 0.5) is 4.39 Å². The number of aliphatic hydroxyl groups is 1. The Hall–Kier alpha value is -1.46. The molecule has 1 amide bonds. The molecule has 1 aromatic rings. The quantitative estimate of drug-likeness (QED) is 0.860. The summed E-state index contributed by atoms with van der Waals surface area (Å²) in [6.07, 6.45) is -0.751. The lowest BCUT2D eigenvalue weighted by Gasteiger charge is -2.20. The molecule has 0 heterocycles. The fourth-order valence-corrected chi connectivity index (χ4v) is 1.72. The minimum Gasteiger partial charge on any atom is -0.389 e. The zero-order valence-corrected chi connectivity index (χ0v) is 10.8. The second-order valence-corrected chi connectivity index (χ2v) is 4.31. The van der Waals surface area contributed by atoms with E-state index in [0.29, 0.717) is 5.56 Å². The molecule has 100 valence electrons. The minimum atomic E-state index is -0.751. The summed E-state index contributed by atoms with van der Waals surface area (Å²) < 4.78 is 18.0. The Morgan fingerprint density at radius 3 is 2.72 bits per heavy atom. The number of carbonyl (C=O) groups excluding carboxylic acids is 1. The number of likely N-dealkylation sites (N-methyl/N-ethyl adjacent to an activating group) is 1. The van der Waals surface area contributed by atoms with Crippen molar-refractivity contribution in [3.05, 3.63) is 35.1 Å². The van der Waals surface area contributed by atoms with E-state index in [0.717, 1.165) is 0 Å². The van der Waals surface area contributed by atoms with Crippen molar-refractivity contribution in [2.45, 2.75) is 13.0 Å². The molecule has 0 aliphatic carbocycles. The summed E-state index contributed by atoms with van der Waals surface area (Å²) in [6.45, 7) is 2.02. The smallest absolute Gasteiger partial charge is 0.253 e. The van der Waals surface area contributed by atoms with Gasteiger partial charge in [0.25, 0.3) is 5.91 Å². The number of aryl methyl sites for hydroxylation is 1. The highest BCUT2D eigenvalue weighted by Crippen LogP contribution is 2.10. The highest BCUT2D eigenvalue weighted by Gasteiger charge is 2.16. The summed E-state index contributed by atoms with van der Waals surface area (Å²) in [6, 6.07) is 4.16.